The maximum Gasteiger partial charge on any atom is 0.326 e. The normalized spacial score (nSPS) is 12.6. The predicted octanol–water partition coefficient (Wildman–Crippen LogP) is 2.48. The van der Waals surface area contributed by atoms with Crippen LogP contribution in [0.5, 0.6) is 0 Å². The van der Waals surface area contributed by atoms with Gasteiger partial charge in [0.15, 0.2) is 0 Å². The zero-order chi connectivity index (χ0) is 16.4. The standard InChI is InChI=1S/C13H15ClN2O5/c1-13(2,3)10(12(18)19)15-11(17)8-6-7(14)4-5-9(8)16(20)21/h4-6,10H,1-3H3,(H,15,17)(H,18,19). The van der Waals surface area contributed by atoms with Crippen LogP contribution in [0.25, 0.3) is 0 Å². The average molecular weight is 315 g/mol. The highest BCUT2D eigenvalue weighted by atomic mass is 35.5. The van der Waals surface area contributed by atoms with E-state index in [4.69, 9.17) is 16.7 Å². The highest BCUT2D eigenvalue weighted by molar-refractivity contribution is 6.31. The van der Waals surface area contributed by atoms with E-state index in [9.17, 15) is 19.7 Å². The molecular formula is C13H15ClN2O5. The molecule has 0 saturated heterocycles. The van der Waals surface area contributed by atoms with Gasteiger partial charge >= 0.3 is 5.97 Å². The molecule has 2 N–H and O–H groups in total. The molecule has 7 nitrogen and oxygen atoms in total. The van der Waals surface area contributed by atoms with Gasteiger partial charge < -0.3 is 10.4 Å². The van der Waals surface area contributed by atoms with Gasteiger partial charge in [-0.3, -0.25) is 14.9 Å². The third kappa shape index (κ3) is 4.16. The van der Waals surface area contributed by atoms with Crippen LogP contribution in [0.4, 0.5) is 5.69 Å². The number of amides is 1. The minimum atomic E-state index is -1.22. The van der Waals surface area contributed by atoms with Gasteiger partial charge in [-0.1, -0.05) is 32.4 Å². The van der Waals surface area contributed by atoms with Crippen molar-refractivity contribution in [3.63, 3.8) is 0 Å². The van der Waals surface area contributed by atoms with Crippen LogP contribution in [0.2, 0.25) is 5.02 Å². The number of hydrogen-bond acceptors (Lipinski definition) is 4. The van der Waals surface area contributed by atoms with E-state index in [1.54, 1.807) is 20.8 Å². The molecule has 1 unspecified atom stereocenters. The number of hydrogen-bond donors (Lipinski definition) is 2. The highest BCUT2D eigenvalue weighted by Gasteiger charge is 2.34. The molecule has 114 valence electrons. The smallest absolute Gasteiger partial charge is 0.326 e. The number of benzene rings is 1. The summed E-state index contributed by atoms with van der Waals surface area (Å²) in [5, 5.41) is 22.5. The zero-order valence-electron chi connectivity index (χ0n) is 11.7. The largest absolute Gasteiger partial charge is 0.480 e. The lowest BCUT2D eigenvalue weighted by molar-refractivity contribution is -0.385. The fourth-order valence-corrected chi connectivity index (χ4v) is 1.88. The topological polar surface area (TPSA) is 110 Å². The third-order valence-electron chi connectivity index (χ3n) is 2.79. The summed E-state index contributed by atoms with van der Waals surface area (Å²) in [5.74, 6) is -2.08. The maximum atomic E-state index is 12.1. The Morgan fingerprint density at radius 3 is 2.38 bits per heavy atom. The molecule has 0 radical (unpaired) electrons. The maximum absolute atomic E-state index is 12.1. The molecule has 21 heavy (non-hydrogen) atoms. The van der Waals surface area contributed by atoms with Gasteiger partial charge in [0.05, 0.1) is 4.92 Å². The zero-order valence-corrected chi connectivity index (χ0v) is 12.5. The summed E-state index contributed by atoms with van der Waals surface area (Å²) in [6, 6.07) is 2.33. The van der Waals surface area contributed by atoms with Crippen LogP contribution < -0.4 is 5.32 Å². The number of nitrogens with one attached hydrogen (secondary N) is 1. The highest BCUT2D eigenvalue weighted by Crippen LogP contribution is 2.24. The Hall–Kier alpha value is -2.15. The lowest BCUT2D eigenvalue weighted by atomic mass is 9.86. The number of carbonyl (C=O) groups excluding carboxylic acids is 1. The fourth-order valence-electron chi connectivity index (χ4n) is 1.71. The van der Waals surface area contributed by atoms with E-state index >= 15 is 0 Å². The number of carboxylic acid groups (broad SMARTS) is 1. The predicted molar refractivity (Wildman–Crippen MR) is 76.5 cm³/mol. The molecule has 0 aliphatic rings. The summed E-state index contributed by atoms with van der Waals surface area (Å²) in [5.41, 5.74) is -1.47. The van der Waals surface area contributed by atoms with Crippen LogP contribution >= 0.6 is 11.6 Å². The van der Waals surface area contributed by atoms with E-state index in [-0.39, 0.29) is 10.6 Å². The van der Waals surface area contributed by atoms with E-state index in [1.807, 2.05) is 0 Å². The number of nitro benzene ring substituents is 1. The van der Waals surface area contributed by atoms with Crippen molar-refractivity contribution < 1.29 is 19.6 Å². The summed E-state index contributed by atoms with van der Waals surface area (Å²) in [4.78, 5) is 33.6. The van der Waals surface area contributed by atoms with Crippen LogP contribution in [0, 0.1) is 15.5 Å². The van der Waals surface area contributed by atoms with Crippen molar-refractivity contribution in [2.24, 2.45) is 5.41 Å². The number of nitrogens with zero attached hydrogens (tertiary/aromatic N) is 1. The minimum Gasteiger partial charge on any atom is -0.480 e. The van der Waals surface area contributed by atoms with E-state index < -0.39 is 33.9 Å². The summed E-state index contributed by atoms with van der Waals surface area (Å²) in [6.07, 6.45) is 0. The van der Waals surface area contributed by atoms with E-state index in [0.29, 0.717) is 0 Å². The van der Waals surface area contributed by atoms with Crippen molar-refractivity contribution in [1.29, 1.82) is 0 Å². The van der Waals surface area contributed by atoms with Crippen LogP contribution in [-0.4, -0.2) is 27.9 Å². The Bertz CT molecular complexity index is 595. The molecule has 0 aromatic heterocycles. The van der Waals surface area contributed by atoms with Gasteiger partial charge in [0, 0.05) is 11.1 Å². The first-order valence-electron chi connectivity index (χ1n) is 6.01. The molecule has 1 amide bonds. The van der Waals surface area contributed by atoms with Crippen LogP contribution in [-0.2, 0) is 4.79 Å². The van der Waals surface area contributed by atoms with Gasteiger partial charge in [-0.15, -0.1) is 0 Å². The summed E-state index contributed by atoms with van der Waals surface area (Å²) >= 11 is 5.74. The van der Waals surface area contributed by atoms with Gasteiger partial charge in [-0.05, 0) is 17.5 Å². The van der Waals surface area contributed by atoms with Gasteiger partial charge in [-0.25, -0.2) is 4.79 Å². The first kappa shape index (κ1) is 16.9. The van der Waals surface area contributed by atoms with E-state index in [0.717, 1.165) is 12.1 Å². The Morgan fingerprint density at radius 2 is 1.95 bits per heavy atom. The lowest BCUT2D eigenvalue weighted by Gasteiger charge is -2.27. The average Bonchev–Trinajstić information content (AvgIpc) is 2.33. The number of carboxylic acids is 1. The number of halogens is 1. The second kappa shape index (κ2) is 6.09. The molecule has 1 rings (SSSR count). The first-order chi connectivity index (χ1) is 9.54. The number of carbonyl (C=O) groups is 2. The second-order valence-corrected chi connectivity index (χ2v) is 5.97. The van der Waals surface area contributed by atoms with Crippen molar-refractivity contribution in [3.05, 3.63) is 38.9 Å². The Morgan fingerprint density at radius 1 is 1.38 bits per heavy atom. The Balaban J connectivity index is 3.17. The molecular weight excluding hydrogens is 300 g/mol. The molecule has 1 atom stereocenters. The number of rotatable bonds is 4. The molecule has 0 aliphatic heterocycles. The number of aliphatic carboxylic acids is 1. The van der Waals surface area contributed by atoms with Gasteiger partial charge in [0.2, 0.25) is 0 Å². The minimum absolute atomic E-state index is 0.147. The summed E-state index contributed by atoms with van der Waals surface area (Å²) in [6.45, 7) is 4.91. The SMILES string of the molecule is CC(C)(C)C(NC(=O)c1cc(Cl)ccc1[N+](=O)[O-])C(=O)O. The van der Waals surface area contributed by atoms with Crippen molar-refractivity contribution in [3.8, 4) is 0 Å². The lowest BCUT2D eigenvalue weighted by Crippen LogP contribution is -2.49. The molecule has 0 fully saturated rings. The molecule has 0 aliphatic carbocycles. The Labute approximate surface area is 126 Å². The molecule has 0 bridgehead atoms. The molecule has 0 saturated carbocycles. The van der Waals surface area contributed by atoms with Crippen LogP contribution in [0.1, 0.15) is 31.1 Å². The fraction of sp³-hybridized carbons (Fsp3) is 0.385. The van der Waals surface area contributed by atoms with Gasteiger partial charge in [0.25, 0.3) is 11.6 Å². The third-order valence-corrected chi connectivity index (χ3v) is 3.02. The summed E-state index contributed by atoms with van der Waals surface area (Å²) in [7, 11) is 0. The van der Waals surface area contributed by atoms with E-state index in [2.05, 4.69) is 5.32 Å². The quantitative estimate of drug-likeness (QED) is 0.655. The van der Waals surface area contributed by atoms with Gasteiger partial charge in [-0.2, -0.15) is 0 Å². The molecule has 8 heteroatoms. The van der Waals surface area contributed by atoms with Crippen molar-refractivity contribution in [1.82, 2.24) is 5.32 Å². The number of nitro groups is 1. The molecule has 1 aromatic carbocycles. The first-order valence-corrected chi connectivity index (χ1v) is 6.39. The van der Waals surface area contributed by atoms with Crippen molar-refractivity contribution >= 4 is 29.2 Å². The molecule has 0 heterocycles. The molecule has 1 aromatic rings. The van der Waals surface area contributed by atoms with Crippen LogP contribution in [0.15, 0.2) is 18.2 Å². The second-order valence-electron chi connectivity index (χ2n) is 5.53. The van der Waals surface area contributed by atoms with E-state index in [1.165, 1.54) is 6.07 Å². The summed E-state index contributed by atoms with van der Waals surface area (Å²) < 4.78 is 0. The molecule has 0 spiro atoms. The van der Waals surface area contributed by atoms with Crippen molar-refractivity contribution in [2.75, 3.05) is 0 Å². The monoisotopic (exact) mass is 314 g/mol. The van der Waals surface area contributed by atoms with Crippen LogP contribution in [0.3, 0.4) is 0 Å². The van der Waals surface area contributed by atoms with Gasteiger partial charge in [0.1, 0.15) is 11.6 Å². The Kier molecular flexibility index (Phi) is 4.90. The van der Waals surface area contributed by atoms with Crippen molar-refractivity contribution in [2.45, 2.75) is 26.8 Å².